The van der Waals surface area contributed by atoms with Gasteiger partial charge in [0.1, 0.15) is 30.0 Å². The average molecular weight is 388 g/mol. The zero-order chi connectivity index (χ0) is 20.2. The molecule has 0 spiro atoms. The molecular formula is C23H16O6. The van der Waals surface area contributed by atoms with E-state index in [4.69, 9.17) is 19.0 Å². The van der Waals surface area contributed by atoms with Crippen LogP contribution in [-0.4, -0.2) is 11.1 Å². The Morgan fingerprint density at radius 2 is 1.76 bits per heavy atom. The molecule has 0 aliphatic heterocycles. The van der Waals surface area contributed by atoms with Gasteiger partial charge in [0.15, 0.2) is 0 Å². The van der Waals surface area contributed by atoms with Gasteiger partial charge < -0.3 is 19.0 Å². The monoisotopic (exact) mass is 388 g/mol. The summed E-state index contributed by atoms with van der Waals surface area (Å²) in [4.78, 5) is 23.7. The fourth-order valence-electron chi connectivity index (χ4n) is 2.83. The molecule has 0 amide bonds. The Kier molecular flexibility index (Phi) is 4.99. The van der Waals surface area contributed by atoms with Gasteiger partial charge in [0, 0.05) is 6.07 Å². The highest BCUT2D eigenvalue weighted by Gasteiger charge is 2.11. The van der Waals surface area contributed by atoms with Crippen LogP contribution in [0.2, 0.25) is 0 Å². The first-order valence-electron chi connectivity index (χ1n) is 8.84. The van der Waals surface area contributed by atoms with E-state index >= 15 is 0 Å². The van der Waals surface area contributed by atoms with Gasteiger partial charge in [-0.05, 0) is 42.0 Å². The molecule has 1 N–H and O–H groups in total. The molecule has 0 bridgehead atoms. The highest BCUT2D eigenvalue weighted by molar-refractivity contribution is 5.87. The van der Waals surface area contributed by atoms with Gasteiger partial charge in [0.25, 0.3) is 0 Å². The molecule has 0 fully saturated rings. The number of carboxylic acid groups (broad SMARTS) is 1. The van der Waals surface area contributed by atoms with Crippen LogP contribution in [0.5, 0.6) is 17.2 Å². The number of aromatic carboxylic acids is 1. The molecule has 3 aromatic carbocycles. The lowest BCUT2D eigenvalue weighted by Crippen LogP contribution is -2.05. The number of carboxylic acids is 1. The highest BCUT2D eigenvalue weighted by atomic mass is 16.5. The van der Waals surface area contributed by atoms with E-state index in [1.165, 1.54) is 12.3 Å². The van der Waals surface area contributed by atoms with Crippen LogP contribution in [-0.2, 0) is 6.61 Å². The first-order valence-corrected chi connectivity index (χ1v) is 8.84. The van der Waals surface area contributed by atoms with E-state index in [-0.39, 0.29) is 23.3 Å². The maximum atomic E-state index is 12.6. The molecule has 0 radical (unpaired) electrons. The predicted molar refractivity (Wildman–Crippen MR) is 107 cm³/mol. The largest absolute Gasteiger partial charge is 0.489 e. The normalized spacial score (nSPS) is 10.6. The summed E-state index contributed by atoms with van der Waals surface area (Å²) in [5, 5.41) is 9.44. The zero-order valence-electron chi connectivity index (χ0n) is 15.2. The van der Waals surface area contributed by atoms with E-state index in [1.54, 1.807) is 48.5 Å². The number of rotatable bonds is 6. The van der Waals surface area contributed by atoms with E-state index < -0.39 is 5.97 Å². The van der Waals surface area contributed by atoms with Crippen molar-refractivity contribution in [1.82, 2.24) is 0 Å². The number of hydrogen-bond acceptors (Lipinski definition) is 5. The Morgan fingerprint density at radius 3 is 2.55 bits per heavy atom. The van der Waals surface area contributed by atoms with Crippen molar-refractivity contribution < 1.29 is 23.8 Å². The van der Waals surface area contributed by atoms with Gasteiger partial charge >= 0.3 is 5.97 Å². The van der Waals surface area contributed by atoms with Gasteiger partial charge in [-0.1, -0.05) is 30.3 Å². The van der Waals surface area contributed by atoms with Crippen molar-refractivity contribution >= 4 is 16.9 Å². The molecule has 0 aliphatic rings. The molecule has 29 heavy (non-hydrogen) atoms. The average Bonchev–Trinajstić information content (AvgIpc) is 2.75. The molecule has 144 valence electrons. The minimum absolute atomic E-state index is 0.0999. The molecular weight excluding hydrogens is 372 g/mol. The number of carbonyl (C=O) groups is 1. The third-order valence-electron chi connectivity index (χ3n) is 4.26. The Balaban J connectivity index is 1.54. The molecule has 0 unspecified atom stereocenters. The minimum atomic E-state index is -0.993. The molecule has 6 heteroatoms. The molecule has 0 saturated carbocycles. The van der Waals surface area contributed by atoms with Crippen LogP contribution in [0.3, 0.4) is 0 Å². The Hall–Kier alpha value is -4.06. The smallest absolute Gasteiger partial charge is 0.335 e. The summed E-state index contributed by atoms with van der Waals surface area (Å²) in [6, 6.07) is 20.4. The van der Waals surface area contributed by atoms with Crippen LogP contribution >= 0.6 is 0 Å². The lowest BCUT2D eigenvalue weighted by Gasteiger charge is -2.09. The first kappa shape index (κ1) is 18.3. The van der Waals surface area contributed by atoms with Gasteiger partial charge in [-0.3, -0.25) is 4.79 Å². The quantitative estimate of drug-likeness (QED) is 0.508. The fraction of sp³-hybridized carbons (Fsp3) is 0.0435. The summed E-state index contributed by atoms with van der Waals surface area (Å²) in [5.41, 5.74) is 1.00. The summed E-state index contributed by atoms with van der Waals surface area (Å²) in [6.07, 6.45) is 1.28. The molecule has 1 heterocycles. The minimum Gasteiger partial charge on any atom is -0.489 e. The lowest BCUT2D eigenvalue weighted by atomic mass is 10.1. The Morgan fingerprint density at radius 1 is 0.931 bits per heavy atom. The van der Waals surface area contributed by atoms with Gasteiger partial charge in [-0.15, -0.1) is 0 Å². The molecule has 0 atom stereocenters. The van der Waals surface area contributed by atoms with Crippen LogP contribution < -0.4 is 14.9 Å². The molecule has 4 rings (SSSR count). The number of fused-ring (bicyclic) bond motifs is 1. The van der Waals surface area contributed by atoms with Crippen LogP contribution in [0.25, 0.3) is 11.0 Å². The molecule has 0 aliphatic carbocycles. The fourth-order valence-corrected chi connectivity index (χ4v) is 2.83. The predicted octanol–water partition coefficient (Wildman–Crippen LogP) is 4.86. The van der Waals surface area contributed by atoms with Gasteiger partial charge in [-0.25, -0.2) is 4.79 Å². The second-order valence-corrected chi connectivity index (χ2v) is 6.30. The summed E-state index contributed by atoms with van der Waals surface area (Å²) in [5.74, 6) is 0.150. The van der Waals surface area contributed by atoms with Crippen LogP contribution in [0.1, 0.15) is 15.9 Å². The maximum absolute atomic E-state index is 12.6. The van der Waals surface area contributed by atoms with E-state index in [0.29, 0.717) is 22.5 Å². The summed E-state index contributed by atoms with van der Waals surface area (Å²) < 4.78 is 16.9. The van der Waals surface area contributed by atoms with Crippen molar-refractivity contribution in [2.24, 2.45) is 0 Å². The van der Waals surface area contributed by atoms with Crippen LogP contribution in [0.15, 0.2) is 88.3 Å². The number of ether oxygens (including phenoxy) is 2. The second-order valence-electron chi connectivity index (χ2n) is 6.30. The van der Waals surface area contributed by atoms with E-state index in [9.17, 15) is 9.59 Å². The van der Waals surface area contributed by atoms with Crippen molar-refractivity contribution in [3.63, 3.8) is 0 Å². The summed E-state index contributed by atoms with van der Waals surface area (Å²) in [7, 11) is 0. The van der Waals surface area contributed by atoms with Gasteiger partial charge in [0.2, 0.25) is 11.2 Å². The van der Waals surface area contributed by atoms with E-state index in [1.807, 2.05) is 18.2 Å². The SMILES string of the molecule is O=C(O)c1cccc(COc2ccc3c(=O)c(Oc4ccccc4)coc3c2)c1. The highest BCUT2D eigenvalue weighted by Crippen LogP contribution is 2.24. The van der Waals surface area contributed by atoms with Crippen LogP contribution in [0.4, 0.5) is 0 Å². The van der Waals surface area contributed by atoms with Crippen molar-refractivity contribution in [2.75, 3.05) is 0 Å². The molecule has 0 saturated heterocycles. The maximum Gasteiger partial charge on any atom is 0.335 e. The van der Waals surface area contributed by atoms with Crippen molar-refractivity contribution in [3.8, 4) is 17.2 Å². The number of benzene rings is 3. The standard InChI is InChI=1S/C23H16O6/c24-22-19-10-9-18(27-13-15-5-4-6-16(11-15)23(25)26)12-20(19)28-14-21(22)29-17-7-2-1-3-8-17/h1-12,14H,13H2,(H,25,26). The lowest BCUT2D eigenvalue weighted by molar-refractivity contribution is 0.0696. The topological polar surface area (TPSA) is 86.0 Å². The Labute approximate surface area is 165 Å². The summed E-state index contributed by atoms with van der Waals surface area (Å²) >= 11 is 0. The molecule has 6 nitrogen and oxygen atoms in total. The Bertz CT molecular complexity index is 1230. The molecule has 1 aromatic heterocycles. The molecule has 4 aromatic rings. The summed E-state index contributed by atoms with van der Waals surface area (Å²) in [6.45, 7) is 0.187. The van der Waals surface area contributed by atoms with Crippen molar-refractivity contribution in [1.29, 1.82) is 0 Å². The van der Waals surface area contributed by atoms with E-state index in [2.05, 4.69) is 0 Å². The van der Waals surface area contributed by atoms with Crippen molar-refractivity contribution in [2.45, 2.75) is 6.61 Å². The van der Waals surface area contributed by atoms with Crippen molar-refractivity contribution in [3.05, 3.63) is 100 Å². The van der Waals surface area contributed by atoms with Crippen LogP contribution in [0, 0.1) is 0 Å². The second kappa shape index (κ2) is 7.90. The zero-order valence-corrected chi connectivity index (χ0v) is 15.2. The van der Waals surface area contributed by atoms with E-state index in [0.717, 1.165) is 5.56 Å². The third kappa shape index (κ3) is 4.11. The van der Waals surface area contributed by atoms with Gasteiger partial charge in [0.05, 0.1) is 10.9 Å². The van der Waals surface area contributed by atoms with Gasteiger partial charge in [-0.2, -0.15) is 0 Å². The number of hydrogen-bond donors (Lipinski definition) is 1. The first-order chi connectivity index (χ1) is 14.1. The third-order valence-corrected chi connectivity index (χ3v) is 4.26. The number of para-hydroxylation sites is 1.